The molecular formula is C24H32N4O2. The van der Waals surface area contributed by atoms with Crippen molar-refractivity contribution in [2.45, 2.75) is 32.7 Å². The second kappa shape index (κ2) is 9.30. The first-order chi connectivity index (χ1) is 14.3. The van der Waals surface area contributed by atoms with Gasteiger partial charge in [-0.1, -0.05) is 24.3 Å². The molecule has 1 aliphatic rings. The third-order valence-electron chi connectivity index (χ3n) is 5.98. The summed E-state index contributed by atoms with van der Waals surface area (Å²) in [4.78, 5) is 29.2. The van der Waals surface area contributed by atoms with Crippen LogP contribution in [0, 0.1) is 13.8 Å². The maximum atomic E-state index is 12.4. The minimum absolute atomic E-state index is 0.0139. The molecule has 2 N–H and O–H groups in total. The van der Waals surface area contributed by atoms with E-state index in [1.165, 1.54) is 11.3 Å². The van der Waals surface area contributed by atoms with Crippen LogP contribution in [0.15, 0.2) is 36.4 Å². The summed E-state index contributed by atoms with van der Waals surface area (Å²) >= 11 is 0. The van der Waals surface area contributed by atoms with Crippen LogP contribution in [0.4, 0.5) is 11.4 Å². The van der Waals surface area contributed by atoms with E-state index in [4.69, 9.17) is 0 Å². The summed E-state index contributed by atoms with van der Waals surface area (Å²) < 4.78 is 0. The number of amides is 2. The van der Waals surface area contributed by atoms with Gasteiger partial charge in [-0.2, -0.15) is 0 Å². The zero-order valence-electron chi connectivity index (χ0n) is 18.6. The van der Waals surface area contributed by atoms with E-state index in [2.05, 4.69) is 45.7 Å². The van der Waals surface area contributed by atoms with Crippen molar-refractivity contribution in [3.63, 3.8) is 0 Å². The molecule has 30 heavy (non-hydrogen) atoms. The highest BCUT2D eigenvalue weighted by molar-refractivity contribution is 6.39. The average molecular weight is 409 g/mol. The Morgan fingerprint density at radius 3 is 2.63 bits per heavy atom. The number of carbonyl (C=O) groups is 2. The van der Waals surface area contributed by atoms with Crippen LogP contribution in [0.5, 0.6) is 0 Å². The van der Waals surface area contributed by atoms with Crippen LogP contribution in [0.3, 0.4) is 0 Å². The molecule has 1 aliphatic heterocycles. The Balaban J connectivity index is 1.66. The number of benzene rings is 2. The zero-order valence-corrected chi connectivity index (χ0v) is 18.6. The molecule has 0 fully saturated rings. The standard InChI is InChI=1S/C24H32N4O2/c1-16-8-6-10-20(17(16)2)26-24(30)23(29)25-15-22(27(3)4)19-11-12-21-18(14-19)9-7-13-28(21)5/h6,8,10-12,14,22H,7,9,13,15H2,1-5H3,(H,25,29)(H,26,30)/t22-/m0/s1. The highest BCUT2D eigenvalue weighted by Gasteiger charge is 2.21. The van der Waals surface area contributed by atoms with E-state index in [0.717, 1.165) is 36.1 Å². The number of hydrogen-bond acceptors (Lipinski definition) is 4. The number of likely N-dealkylation sites (N-methyl/N-ethyl adjacent to an activating group) is 1. The van der Waals surface area contributed by atoms with Gasteiger partial charge in [-0.15, -0.1) is 0 Å². The number of fused-ring (bicyclic) bond motifs is 1. The van der Waals surface area contributed by atoms with Crippen LogP contribution < -0.4 is 15.5 Å². The lowest BCUT2D eigenvalue weighted by Crippen LogP contribution is -2.40. The monoisotopic (exact) mass is 408 g/mol. The first-order valence-electron chi connectivity index (χ1n) is 10.4. The minimum atomic E-state index is -0.645. The predicted molar refractivity (Wildman–Crippen MR) is 122 cm³/mol. The first-order valence-corrected chi connectivity index (χ1v) is 10.4. The molecule has 3 rings (SSSR count). The molecule has 0 aromatic heterocycles. The van der Waals surface area contributed by atoms with Crippen molar-refractivity contribution in [3.05, 3.63) is 58.7 Å². The molecule has 0 bridgehead atoms. The molecule has 0 aliphatic carbocycles. The molecule has 0 radical (unpaired) electrons. The summed E-state index contributed by atoms with van der Waals surface area (Å²) in [5.74, 6) is -1.27. The fraction of sp³-hybridized carbons (Fsp3) is 0.417. The van der Waals surface area contributed by atoms with Gasteiger partial charge in [0.25, 0.3) is 0 Å². The molecule has 6 heteroatoms. The molecule has 2 amide bonds. The van der Waals surface area contributed by atoms with Crippen LogP contribution in [0.25, 0.3) is 0 Å². The molecule has 0 saturated heterocycles. The van der Waals surface area contributed by atoms with E-state index in [0.29, 0.717) is 12.2 Å². The molecule has 6 nitrogen and oxygen atoms in total. The van der Waals surface area contributed by atoms with E-state index < -0.39 is 11.8 Å². The Labute approximate surface area is 179 Å². The van der Waals surface area contributed by atoms with E-state index in [1.807, 2.05) is 40.1 Å². The van der Waals surface area contributed by atoms with Crippen LogP contribution in [0.2, 0.25) is 0 Å². The van der Waals surface area contributed by atoms with Gasteiger partial charge < -0.3 is 20.4 Å². The quantitative estimate of drug-likeness (QED) is 0.747. The Kier molecular flexibility index (Phi) is 6.77. The predicted octanol–water partition coefficient (Wildman–Crippen LogP) is 3.04. The lowest BCUT2D eigenvalue weighted by Gasteiger charge is -2.30. The lowest BCUT2D eigenvalue weighted by atomic mass is 9.96. The van der Waals surface area contributed by atoms with E-state index >= 15 is 0 Å². The van der Waals surface area contributed by atoms with Crippen LogP contribution >= 0.6 is 0 Å². The zero-order chi connectivity index (χ0) is 21.8. The third kappa shape index (κ3) is 4.82. The SMILES string of the molecule is Cc1cccc(NC(=O)C(=O)NC[C@@H](c2ccc3c(c2)CCCN3C)N(C)C)c1C. The second-order valence-electron chi connectivity index (χ2n) is 8.30. The molecule has 2 aromatic carbocycles. The van der Waals surface area contributed by atoms with Gasteiger partial charge in [0, 0.05) is 31.5 Å². The number of aryl methyl sites for hydroxylation is 2. The maximum Gasteiger partial charge on any atom is 0.313 e. The minimum Gasteiger partial charge on any atom is -0.374 e. The molecule has 160 valence electrons. The van der Waals surface area contributed by atoms with Gasteiger partial charge in [-0.25, -0.2) is 0 Å². The van der Waals surface area contributed by atoms with Crippen molar-refractivity contribution >= 4 is 23.2 Å². The normalized spacial score (nSPS) is 14.3. The van der Waals surface area contributed by atoms with Gasteiger partial charge in [0.2, 0.25) is 0 Å². The van der Waals surface area contributed by atoms with Gasteiger partial charge in [-0.05, 0) is 75.2 Å². The molecule has 0 spiro atoms. The summed E-state index contributed by atoms with van der Waals surface area (Å²) in [6.07, 6.45) is 2.22. The Bertz CT molecular complexity index is 939. The smallest absolute Gasteiger partial charge is 0.313 e. The van der Waals surface area contributed by atoms with Gasteiger partial charge in [0.15, 0.2) is 0 Å². The number of rotatable bonds is 5. The van der Waals surface area contributed by atoms with E-state index in [1.54, 1.807) is 6.07 Å². The number of carbonyl (C=O) groups excluding carboxylic acids is 2. The summed E-state index contributed by atoms with van der Waals surface area (Å²) in [6, 6.07) is 12.1. The van der Waals surface area contributed by atoms with Crippen molar-refractivity contribution in [1.82, 2.24) is 10.2 Å². The van der Waals surface area contributed by atoms with E-state index in [9.17, 15) is 9.59 Å². The molecular weight excluding hydrogens is 376 g/mol. The maximum absolute atomic E-state index is 12.4. The topological polar surface area (TPSA) is 64.7 Å². The summed E-state index contributed by atoms with van der Waals surface area (Å²) in [5, 5.41) is 5.52. The average Bonchev–Trinajstić information content (AvgIpc) is 2.71. The second-order valence-corrected chi connectivity index (χ2v) is 8.30. The number of nitrogens with zero attached hydrogens (tertiary/aromatic N) is 2. The van der Waals surface area contributed by atoms with Crippen molar-refractivity contribution in [3.8, 4) is 0 Å². The first kappa shape index (κ1) is 21.8. The number of anilines is 2. The molecule has 0 unspecified atom stereocenters. The van der Waals surface area contributed by atoms with Crippen molar-refractivity contribution in [2.75, 3.05) is 44.4 Å². The fourth-order valence-corrected chi connectivity index (χ4v) is 3.95. The van der Waals surface area contributed by atoms with Crippen molar-refractivity contribution in [1.29, 1.82) is 0 Å². The van der Waals surface area contributed by atoms with Crippen LogP contribution in [-0.4, -0.2) is 50.9 Å². The highest BCUT2D eigenvalue weighted by Crippen LogP contribution is 2.30. The molecule has 1 atom stereocenters. The highest BCUT2D eigenvalue weighted by atomic mass is 16.2. The van der Waals surface area contributed by atoms with Crippen LogP contribution in [0.1, 0.15) is 34.7 Å². The van der Waals surface area contributed by atoms with E-state index in [-0.39, 0.29) is 6.04 Å². The largest absolute Gasteiger partial charge is 0.374 e. The molecule has 0 saturated carbocycles. The van der Waals surface area contributed by atoms with Gasteiger partial charge in [0.05, 0.1) is 6.04 Å². The summed E-state index contributed by atoms with van der Waals surface area (Å²) in [5.41, 5.74) is 6.46. The molecule has 1 heterocycles. The Morgan fingerprint density at radius 2 is 1.90 bits per heavy atom. The molecule has 2 aromatic rings. The summed E-state index contributed by atoms with van der Waals surface area (Å²) in [6.45, 7) is 5.34. The van der Waals surface area contributed by atoms with Gasteiger partial charge in [0.1, 0.15) is 0 Å². The number of nitrogens with one attached hydrogen (secondary N) is 2. The van der Waals surface area contributed by atoms with Gasteiger partial charge in [-0.3, -0.25) is 9.59 Å². The Hall–Kier alpha value is -2.86. The third-order valence-corrected chi connectivity index (χ3v) is 5.98. The van der Waals surface area contributed by atoms with Gasteiger partial charge >= 0.3 is 11.8 Å². The lowest BCUT2D eigenvalue weighted by molar-refractivity contribution is -0.136. The Morgan fingerprint density at radius 1 is 1.13 bits per heavy atom. The van der Waals surface area contributed by atoms with Crippen LogP contribution in [-0.2, 0) is 16.0 Å². The number of hydrogen-bond donors (Lipinski definition) is 2. The van der Waals surface area contributed by atoms with Crippen molar-refractivity contribution < 1.29 is 9.59 Å². The fourth-order valence-electron chi connectivity index (χ4n) is 3.95. The summed E-state index contributed by atoms with van der Waals surface area (Å²) in [7, 11) is 6.09. The van der Waals surface area contributed by atoms with Crippen molar-refractivity contribution in [2.24, 2.45) is 0 Å².